The van der Waals surface area contributed by atoms with Gasteiger partial charge in [-0.1, -0.05) is 19.8 Å². The second kappa shape index (κ2) is 8.95. The van der Waals surface area contributed by atoms with Crippen LogP contribution >= 0.6 is 0 Å². The largest absolute Gasteiger partial charge is 0.390 e. The van der Waals surface area contributed by atoms with Gasteiger partial charge in [0.15, 0.2) is 5.78 Å². The van der Waals surface area contributed by atoms with Crippen molar-refractivity contribution in [3.63, 3.8) is 0 Å². The maximum atomic E-state index is 12.4. The van der Waals surface area contributed by atoms with Crippen LogP contribution in [-0.4, -0.2) is 33.0 Å². The number of hydrogen-bond donors (Lipinski definition) is 2. The standard InChI is InChI=1S/C24H42O4/c1-22(2,27)14-6-8-17(10-13-21(26)23(3,4)28)16-18-11-12-19-20(25)9-7-15-24(18,19)5/h17-19,27-28H,6-16H2,1-5H3/t17-,18?,19-,24+/m0/s1. The molecule has 0 aromatic heterocycles. The number of aliphatic hydroxyl groups is 2. The van der Waals surface area contributed by atoms with Crippen LogP contribution in [0.4, 0.5) is 0 Å². The van der Waals surface area contributed by atoms with Crippen molar-refractivity contribution < 1.29 is 19.8 Å². The molecule has 2 fully saturated rings. The van der Waals surface area contributed by atoms with Crippen molar-refractivity contribution >= 4 is 11.6 Å². The number of ketones is 2. The Bertz CT molecular complexity index is 554. The van der Waals surface area contributed by atoms with E-state index < -0.39 is 11.2 Å². The van der Waals surface area contributed by atoms with E-state index in [4.69, 9.17) is 0 Å². The zero-order valence-electron chi connectivity index (χ0n) is 18.7. The van der Waals surface area contributed by atoms with Gasteiger partial charge in [-0.2, -0.15) is 0 Å². The molecule has 2 rings (SSSR count). The van der Waals surface area contributed by atoms with Crippen molar-refractivity contribution in [3.8, 4) is 0 Å². The van der Waals surface area contributed by atoms with Gasteiger partial charge in [-0.25, -0.2) is 0 Å². The molecular formula is C24H42O4. The fraction of sp³-hybridized carbons (Fsp3) is 0.917. The molecule has 2 aliphatic rings. The average Bonchev–Trinajstić information content (AvgIpc) is 2.87. The number of carbonyl (C=O) groups is 2. The van der Waals surface area contributed by atoms with Crippen LogP contribution in [0.15, 0.2) is 0 Å². The molecule has 0 amide bonds. The first-order chi connectivity index (χ1) is 12.8. The van der Waals surface area contributed by atoms with Crippen LogP contribution in [0.5, 0.6) is 0 Å². The van der Waals surface area contributed by atoms with Gasteiger partial charge in [-0.15, -0.1) is 0 Å². The summed E-state index contributed by atoms with van der Waals surface area (Å²) >= 11 is 0. The molecule has 2 saturated carbocycles. The highest BCUT2D eigenvalue weighted by atomic mass is 16.3. The minimum atomic E-state index is -1.27. The van der Waals surface area contributed by atoms with Crippen LogP contribution in [-0.2, 0) is 9.59 Å². The van der Waals surface area contributed by atoms with Gasteiger partial charge < -0.3 is 10.2 Å². The van der Waals surface area contributed by atoms with Crippen LogP contribution in [0.25, 0.3) is 0 Å². The first-order valence-electron chi connectivity index (χ1n) is 11.3. The van der Waals surface area contributed by atoms with E-state index in [0.29, 0.717) is 24.0 Å². The van der Waals surface area contributed by atoms with Crippen molar-refractivity contribution in [2.24, 2.45) is 23.2 Å². The molecule has 2 N–H and O–H groups in total. The molecule has 4 nitrogen and oxygen atoms in total. The van der Waals surface area contributed by atoms with E-state index in [1.807, 2.05) is 13.8 Å². The predicted octanol–water partition coefficient (Wildman–Crippen LogP) is 4.84. The lowest BCUT2D eigenvalue weighted by molar-refractivity contribution is -0.134. The van der Waals surface area contributed by atoms with E-state index in [2.05, 4.69) is 6.92 Å². The molecule has 0 heterocycles. The number of rotatable bonds is 10. The molecule has 0 spiro atoms. The lowest BCUT2D eigenvalue weighted by Gasteiger charge is -2.41. The van der Waals surface area contributed by atoms with Crippen LogP contribution < -0.4 is 0 Å². The van der Waals surface area contributed by atoms with E-state index in [1.54, 1.807) is 13.8 Å². The number of carbonyl (C=O) groups excluding carboxylic acids is 2. The van der Waals surface area contributed by atoms with Gasteiger partial charge in [0.1, 0.15) is 11.4 Å². The van der Waals surface area contributed by atoms with Gasteiger partial charge in [0.2, 0.25) is 0 Å². The number of hydrogen-bond acceptors (Lipinski definition) is 4. The molecule has 4 atom stereocenters. The third-order valence-electron chi connectivity index (χ3n) is 7.54. The Labute approximate surface area is 171 Å². The minimum Gasteiger partial charge on any atom is -0.390 e. The summed E-state index contributed by atoms with van der Waals surface area (Å²) in [7, 11) is 0. The van der Waals surface area contributed by atoms with Crippen LogP contribution in [0, 0.1) is 23.2 Å². The van der Waals surface area contributed by atoms with E-state index in [9.17, 15) is 19.8 Å². The second-order valence-corrected chi connectivity index (χ2v) is 11.0. The third kappa shape index (κ3) is 6.13. The Balaban J connectivity index is 2.01. The van der Waals surface area contributed by atoms with Gasteiger partial charge in [0, 0.05) is 18.8 Å². The molecule has 1 unspecified atom stereocenters. The van der Waals surface area contributed by atoms with E-state index >= 15 is 0 Å². The highest BCUT2D eigenvalue weighted by Crippen LogP contribution is 2.56. The Morgan fingerprint density at radius 2 is 1.86 bits per heavy atom. The van der Waals surface area contributed by atoms with Crippen molar-refractivity contribution in [2.75, 3.05) is 0 Å². The molecular weight excluding hydrogens is 352 g/mol. The summed E-state index contributed by atoms with van der Waals surface area (Å²) < 4.78 is 0. The summed E-state index contributed by atoms with van der Waals surface area (Å²) in [4.78, 5) is 24.7. The predicted molar refractivity (Wildman–Crippen MR) is 112 cm³/mol. The van der Waals surface area contributed by atoms with E-state index in [1.165, 1.54) is 0 Å². The molecule has 0 bridgehead atoms. The highest BCUT2D eigenvalue weighted by molar-refractivity contribution is 5.86. The maximum Gasteiger partial charge on any atom is 0.163 e. The Morgan fingerprint density at radius 3 is 2.46 bits per heavy atom. The monoisotopic (exact) mass is 394 g/mol. The van der Waals surface area contributed by atoms with E-state index in [0.717, 1.165) is 64.2 Å². The summed E-state index contributed by atoms with van der Waals surface area (Å²) in [6.45, 7) is 9.14. The van der Waals surface area contributed by atoms with Crippen molar-refractivity contribution in [3.05, 3.63) is 0 Å². The quantitative estimate of drug-likeness (QED) is 0.556. The maximum absolute atomic E-state index is 12.4. The second-order valence-electron chi connectivity index (χ2n) is 11.0. The van der Waals surface area contributed by atoms with Gasteiger partial charge in [0.05, 0.1) is 5.60 Å². The van der Waals surface area contributed by atoms with Gasteiger partial charge in [0.25, 0.3) is 0 Å². The Hall–Kier alpha value is -0.740. The summed E-state index contributed by atoms with van der Waals surface area (Å²) in [6, 6.07) is 0. The first kappa shape index (κ1) is 23.5. The molecule has 0 radical (unpaired) electrons. The van der Waals surface area contributed by atoms with Crippen molar-refractivity contribution in [2.45, 2.75) is 116 Å². The molecule has 162 valence electrons. The molecule has 2 aliphatic carbocycles. The molecule has 0 aromatic carbocycles. The van der Waals surface area contributed by atoms with Gasteiger partial charge in [-0.05, 0) is 89.9 Å². The smallest absolute Gasteiger partial charge is 0.163 e. The van der Waals surface area contributed by atoms with Crippen LogP contribution in [0.3, 0.4) is 0 Å². The molecule has 4 heteroatoms. The normalized spacial score (nSPS) is 29.6. The molecule has 28 heavy (non-hydrogen) atoms. The zero-order valence-corrected chi connectivity index (χ0v) is 18.7. The first-order valence-corrected chi connectivity index (χ1v) is 11.3. The Morgan fingerprint density at radius 1 is 1.18 bits per heavy atom. The van der Waals surface area contributed by atoms with Crippen molar-refractivity contribution in [1.82, 2.24) is 0 Å². The summed E-state index contributed by atoms with van der Waals surface area (Å²) in [6.07, 6.45) is 10.0. The van der Waals surface area contributed by atoms with Gasteiger partial charge >= 0.3 is 0 Å². The Kier molecular flexibility index (Phi) is 7.53. The SMILES string of the molecule is CC(C)(O)CCC[C@@H](CCC(=O)C(C)(C)O)CC1CC[C@H]2C(=O)CCC[C@]12C. The minimum absolute atomic E-state index is 0.0941. The lowest BCUT2D eigenvalue weighted by atomic mass is 9.63. The fourth-order valence-corrected chi connectivity index (χ4v) is 5.67. The molecule has 0 aromatic rings. The molecule has 0 saturated heterocycles. The average molecular weight is 395 g/mol. The number of fused-ring (bicyclic) bond motifs is 1. The zero-order chi connectivity index (χ0) is 21.2. The molecule has 0 aliphatic heterocycles. The third-order valence-corrected chi connectivity index (χ3v) is 7.54. The topological polar surface area (TPSA) is 74.6 Å². The number of Topliss-reactive ketones (excluding diaryl/α,β-unsaturated/α-hetero) is 2. The highest BCUT2D eigenvalue weighted by Gasteiger charge is 2.51. The summed E-state index contributed by atoms with van der Waals surface area (Å²) in [5, 5.41) is 20.0. The summed E-state index contributed by atoms with van der Waals surface area (Å²) in [5.41, 5.74) is -1.80. The van der Waals surface area contributed by atoms with Crippen LogP contribution in [0.1, 0.15) is 105 Å². The van der Waals surface area contributed by atoms with E-state index in [-0.39, 0.29) is 17.1 Å². The van der Waals surface area contributed by atoms with Crippen LogP contribution in [0.2, 0.25) is 0 Å². The van der Waals surface area contributed by atoms with Gasteiger partial charge in [-0.3, -0.25) is 9.59 Å². The fourth-order valence-electron chi connectivity index (χ4n) is 5.67. The van der Waals surface area contributed by atoms with Crippen molar-refractivity contribution in [1.29, 1.82) is 0 Å². The summed E-state index contributed by atoms with van der Waals surface area (Å²) in [5.74, 6) is 1.56. The lowest BCUT2D eigenvalue weighted by Crippen LogP contribution is -2.38.